The number of carbonyl (C=O) groups is 2. The van der Waals surface area contributed by atoms with Crippen LogP contribution in [0.2, 0.25) is 0 Å². The van der Waals surface area contributed by atoms with Crippen molar-refractivity contribution in [3.63, 3.8) is 0 Å². The first kappa shape index (κ1) is 62.0. The van der Waals surface area contributed by atoms with Crippen LogP contribution in [0.5, 0.6) is 0 Å². The molecule has 2 saturated heterocycles. The number of carboxylic acids is 2. The number of piperidine rings is 2. The lowest BCUT2D eigenvalue weighted by atomic mass is 9.76. The van der Waals surface area contributed by atoms with Crippen molar-refractivity contribution in [2.24, 2.45) is 10.8 Å². The molecule has 8 aromatic rings. The number of nitrogens with zero attached hydrogens (tertiary/aromatic N) is 10. The van der Waals surface area contributed by atoms with Gasteiger partial charge in [0.2, 0.25) is 0 Å². The largest absolute Gasteiger partial charge is 0.479 e. The maximum Gasteiger partial charge on any atom is 0.337 e. The van der Waals surface area contributed by atoms with E-state index in [0.717, 1.165) is 131 Å². The van der Waals surface area contributed by atoms with Crippen LogP contribution in [-0.2, 0) is 31.9 Å². The smallest absolute Gasteiger partial charge is 0.337 e. The Kier molecular flexibility index (Phi) is 17.7. The number of aliphatic carboxylic acids is 2. The first-order valence-electron chi connectivity index (χ1n) is 31.6. The summed E-state index contributed by atoms with van der Waals surface area (Å²) < 4.78 is 16.1. The number of benzene rings is 2. The number of aryl methyl sites for hydroxylation is 6. The number of thiazole rings is 2. The molecule has 2 N–H and O–H groups in total. The fourth-order valence-corrected chi connectivity index (χ4v) is 15.5. The van der Waals surface area contributed by atoms with Gasteiger partial charge < -0.3 is 29.5 Å². The van der Waals surface area contributed by atoms with E-state index in [1.807, 2.05) is 99.2 Å². The second-order valence-electron chi connectivity index (χ2n) is 27.6. The highest BCUT2D eigenvalue weighted by Gasteiger charge is 2.40. The van der Waals surface area contributed by atoms with Crippen molar-refractivity contribution >= 4 is 57.5 Å². The molecule has 0 radical (unpaired) electrons. The van der Waals surface area contributed by atoms with E-state index in [1.165, 1.54) is 67.5 Å². The zero-order valence-electron chi connectivity index (χ0n) is 53.2. The lowest BCUT2D eigenvalue weighted by molar-refractivity contribution is -0.161. The number of hydrogen-bond donors (Lipinski definition) is 2. The first-order valence-corrected chi connectivity index (χ1v) is 33.2. The minimum absolute atomic E-state index is 0.260. The fourth-order valence-electron chi connectivity index (χ4n) is 13.5. The molecule has 0 unspecified atom stereocenters. The van der Waals surface area contributed by atoms with Gasteiger partial charge in [0.25, 0.3) is 0 Å². The van der Waals surface area contributed by atoms with Gasteiger partial charge in [-0.05, 0) is 156 Å². The number of ether oxygens (including phenoxy) is 2. The topological polar surface area (TPSA) is 186 Å². The minimum Gasteiger partial charge on any atom is -0.479 e. The summed E-state index contributed by atoms with van der Waals surface area (Å²) in [6.45, 7) is 27.5. The zero-order chi connectivity index (χ0) is 61.7. The highest BCUT2D eigenvalue weighted by Crippen LogP contribution is 2.45. The van der Waals surface area contributed by atoms with Crippen LogP contribution in [0.3, 0.4) is 0 Å². The lowest BCUT2D eigenvalue weighted by Crippen LogP contribution is -2.41. The Morgan fingerprint density at radius 2 is 0.885 bits per heavy atom. The van der Waals surface area contributed by atoms with Crippen molar-refractivity contribution in [1.82, 2.24) is 39.2 Å². The van der Waals surface area contributed by atoms with Gasteiger partial charge in [0.1, 0.15) is 11.6 Å². The Morgan fingerprint density at radius 3 is 1.26 bits per heavy atom. The maximum absolute atomic E-state index is 12.8. The summed E-state index contributed by atoms with van der Waals surface area (Å²) in [6.07, 6.45) is 14.9. The Labute approximate surface area is 520 Å². The fraction of sp³-hybridized carbons (Fsp3) is 0.536. The third-order valence-corrected chi connectivity index (χ3v) is 20.2. The minimum atomic E-state index is -1.17. The van der Waals surface area contributed by atoms with Crippen molar-refractivity contribution in [2.45, 2.75) is 203 Å². The van der Waals surface area contributed by atoms with Crippen LogP contribution in [0.15, 0.2) is 60.7 Å². The molecule has 6 aromatic heterocycles. The van der Waals surface area contributed by atoms with E-state index >= 15 is 0 Å². The highest BCUT2D eigenvalue weighted by molar-refractivity contribution is 7.12. The SMILES string of the molecule is Cc1nc2c(s1)CCCCCC1(C)CCN(CC1)c1c([C@H](OC(C)(C)C)C(=O)O)c(C)nc3cc(nn13)-c1cccc-2c1.Cc1nc2c(s1)CCCCCCC1(C)CCN(CC1)c1c([C@H](OC(C)(C)C)C(=O)O)c(C)nc3cc(nn13)-c1cccc-2c1. The summed E-state index contributed by atoms with van der Waals surface area (Å²) in [4.78, 5) is 52.6. The average Bonchev–Trinajstić information content (AvgIpc) is 1.87. The predicted molar refractivity (Wildman–Crippen MR) is 349 cm³/mol. The molecule has 16 nitrogen and oxygen atoms in total. The molecule has 2 atom stereocenters. The van der Waals surface area contributed by atoms with Gasteiger partial charge in [-0.3, -0.25) is 0 Å². The van der Waals surface area contributed by atoms with Crippen molar-refractivity contribution in [2.75, 3.05) is 36.0 Å². The second kappa shape index (κ2) is 24.8. The van der Waals surface area contributed by atoms with Gasteiger partial charge in [-0.25, -0.2) is 29.5 Å². The summed E-state index contributed by atoms with van der Waals surface area (Å²) in [5.41, 5.74) is 11.0. The van der Waals surface area contributed by atoms with E-state index in [1.54, 1.807) is 0 Å². The number of fused-ring (bicyclic) bond motifs is 13. The number of anilines is 2. The lowest BCUT2D eigenvalue weighted by Gasteiger charge is -2.41. The summed E-state index contributed by atoms with van der Waals surface area (Å²) in [7, 11) is 0. The molecule has 0 spiro atoms. The molecule has 462 valence electrons. The third kappa shape index (κ3) is 13.7. The predicted octanol–water partition coefficient (Wildman–Crippen LogP) is 16.0. The van der Waals surface area contributed by atoms with Crippen molar-refractivity contribution in [3.8, 4) is 45.0 Å². The zero-order valence-corrected chi connectivity index (χ0v) is 54.8. The molecule has 6 aliphatic rings. The van der Waals surface area contributed by atoms with Gasteiger partial charge in [0.05, 0.1) is 55.1 Å². The van der Waals surface area contributed by atoms with Crippen LogP contribution >= 0.6 is 22.7 Å². The Balaban J connectivity index is 0.000000180. The monoisotopic (exact) mass is 1220 g/mol. The van der Waals surface area contributed by atoms with E-state index in [-0.39, 0.29) is 10.8 Å². The molecule has 2 fully saturated rings. The van der Waals surface area contributed by atoms with Gasteiger partial charge in [-0.1, -0.05) is 82.3 Å². The van der Waals surface area contributed by atoms with Gasteiger partial charge in [0, 0.05) is 81.7 Å². The van der Waals surface area contributed by atoms with Crippen LogP contribution in [0.4, 0.5) is 11.6 Å². The molecular weight excluding hydrogens is 1130 g/mol. The maximum atomic E-state index is 12.8. The summed E-state index contributed by atoms with van der Waals surface area (Å²) >= 11 is 3.62. The molecular formula is C69H88N10O6S2. The number of hydrogen-bond acceptors (Lipinski definition) is 14. The van der Waals surface area contributed by atoms with Gasteiger partial charge in [-0.2, -0.15) is 19.2 Å². The van der Waals surface area contributed by atoms with Crippen LogP contribution < -0.4 is 9.80 Å². The second-order valence-corrected chi connectivity index (χ2v) is 30.2. The molecule has 6 aliphatic heterocycles. The molecule has 87 heavy (non-hydrogen) atoms. The molecule has 0 aliphatic carbocycles. The molecule has 18 heteroatoms. The Morgan fingerprint density at radius 1 is 0.517 bits per heavy atom. The summed E-state index contributed by atoms with van der Waals surface area (Å²) in [5, 5.41) is 33.3. The summed E-state index contributed by atoms with van der Waals surface area (Å²) in [6, 6.07) is 20.9. The van der Waals surface area contributed by atoms with Crippen molar-refractivity contribution in [3.05, 3.63) is 103 Å². The molecule has 12 heterocycles. The normalized spacial score (nSPS) is 18.0. The summed E-state index contributed by atoms with van der Waals surface area (Å²) in [5.74, 6) is -0.482. The standard InChI is InChI=1S/C35H45N5O3S.C34H43N5O3S/c1-22-29(31(33(41)42)43-34(3,4)5)32-39-18-16-35(6,17-19-39)15-10-8-7-9-14-27-30(37-23(2)44-27)25-13-11-12-24(20-25)26-21-28(36-22)40(32)38-26;1-21-28(30(32(40)41)42-33(3,4)5)31-38-17-15-34(6,16-18-38)14-9-7-8-13-26-29(36-22(2)43-26)24-12-10-11-23(19-24)25-20-27(35-21)39(31)37-25/h11-13,20-21,31H,7-10,14-19H2,1-6H3,(H,41,42);10-12,19-20,30H,7-9,13-18H2,1-6H3,(H,40,41)/t31-;30-/m00/s1. The van der Waals surface area contributed by atoms with Crippen LogP contribution in [0, 0.1) is 38.5 Å². The molecule has 12 bridgehead atoms. The van der Waals surface area contributed by atoms with E-state index in [9.17, 15) is 19.8 Å². The first-order chi connectivity index (χ1) is 41.3. The molecule has 0 amide bonds. The van der Waals surface area contributed by atoms with E-state index in [4.69, 9.17) is 39.6 Å². The molecule has 0 saturated carbocycles. The van der Waals surface area contributed by atoms with Gasteiger partial charge >= 0.3 is 11.9 Å². The van der Waals surface area contributed by atoms with Crippen molar-refractivity contribution < 1.29 is 29.3 Å². The van der Waals surface area contributed by atoms with Gasteiger partial charge in [0.15, 0.2) is 23.5 Å². The average molecular weight is 1220 g/mol. The van der Waals surface area contributed by atoms with Gasteiger partial charge in [-0.15, -0.1) is 22.7 Å². The van der Waals surface area contributed by atoms with Crippen LogP contribution in [-0.4, -0.2) is 98.7 Å². The van der Waals surface area contributed by atoms with Crippen molar-refractivity contribution in [1.29, 1.82) is 0 Å². The number of carboxylic acid groups (broad SMARTS) is 2. The number of rotatable bonds is 6. The third-order valence-electron chi connectivity index (χ3n) is 18.2. The highest BCUT2D eigenvalue weighted by atomic mass is 32.1. The molecule has 2 aromatic carbocycles. The van der Waals surface area contributed by atoms with Crippen LogP contribution in [0.25, 0.3) is 56.3 Å². The van der Waals surface area contributed by atoms with E-state index in [2.05, 4.69) is 86.0 Å². The van der Waals surface area contributed by atoms with E-state index < -0.39 is 35.3 Å². The quantitative estimate of drug-likeness (QED) is 0.160. The number of aromatic nitrogens is 8. The Bertz CT molecular complexity index is 3830. The molecule has 14 rings (SSSR count). The Hall–Kier alpha value is -6.60. The van der Waals surface area contributed by atoms with E-state index in [0.29, 0.717) is 33.8 Å². The van der Waals surface area contributed by atoms with Crippen LogP contribution in [0.1, 0.15) is 193 Å².